The quantitative estimate of drug-likeness (QED) is 0.697. The predicted molar refractivity (Wildman–Crippen MR) is 108 cm³/mol. The number of sulfonamides is 1. The molecule has 2 saturated carbocycles. The molecule has 1 aromatic carbocycles. The Morgan fingerprint density at radius 1 is 1.11 bits per heavy atom. The first-order valence-corrected chi connectivity index (χ1v) is 11.6. The Morgan fingerprint density at radius 3 is 2.37 bits per heavy atom. The van der Waals surface area contributed by atoms with Gasteiger partial charge in [0.2, 0.25) is 15.9 Å². The van der Waals surface area contributed by atoms with Crippen LogP contribution in [-0.4, -0.2) is 20.4 Å². The van der Waals surface area contributed by atoms with Gasteiger partial charge in [-0.05, 0) is 80.5 Å². The first-order chi connectivity index (χ1) is 12.7. The average Bonchev–Trinajstić information content (AvgIpc) is 3.23. The molecular weight excluding hydrogens is 360 g/mol. The van der Waals surface area contributed by atoms with Crippen LogP contribution in [-0.2, 0) is 14.8 Å². The molecular formula is C21H32N2O3S. The molecule has 0 aliphatic heterocycles. The number of anilines is 1. The minimum absolute atomic E-state index is 0.0395. The van der Waals surface area contributed by atoms with E-state index in [1.54, 1.807) is 24.3 Å². The fourth-order valence-corrected chi connectivity index (χ4v) is 5.96. The van der Waals surface area contributed by atoms with Gasteiger partial charge in [-0.25, -0.2) is 13.1 Å². The number of rotatable bonds is 8. The van der Waals surface area contributed by atoms with Gasteiger partial charge in [0, 0.05) is 18.2 Å². The highest BCUT2D eigenvalue weighted by molar-refractivity contribution is 7.89. The number of hydrogen-bond acceptors (Lipinski definition) is 3. The molecule has 1 aromatic rings. The van der Waals surface area contributed by atoms with Crippen LogP contribution in [0.3, 0.4) is 0 Å². The fourth-order valence-electron chi connectivity index (χ4n) is 4.67. The Hall–Kier alpha value is -1.40. The third-order valence-electron chi connectivity index (χ3n) is 6.17. The second-order valence-corrected chi connectivity index (χ2v) is 10.5. The van der Waals surface area contributed by atoms with E-state index < -0.39 is 10.0 Å². The molecule has 2 aliphatic carbocycles. The molecule has 0 saturated heterocycles. The van der Waals surface area contributed by atoms with E-state index in [1.165, 1.54) is 19.3 Å². The van der Waals surface area contributed by atoms with Crippen molar-refractivity contribution in [1.82, 2.24) is 4.72 Å². The lowest BCUT2D eigenvalue weighted by molar-refractivity contribution is -0.116. The summed E-state index contributed by atoms with van der Waals surface area (Å²) in [6.45, 7) is 6.15. The van der Waals surface area contributed by atoms with E-state index >= 15 is 0 Å². The van der Waals surface area contributed by atoms with E-state index in [1.807, 2.05) is 6.92 Å². The van der Waals surface area contributed by atoms with Crippen LogP contribution >= 0.6 is 0 Å². The van der Waals surface area contributed by atoms with Crippen molar-refractivity contribution in [3.05, 3.63) is 24.3 Å². The molecule has 0 heterocycles. The van der Waals surface area contributed by atoms with Gasteiger partial charge in [-0.1, -0.05) is 20.3 Å². The van der Waals surface area contributed by atoms with Crippen molar-refractivity contribution in [1.29, 1.82) is 0 Å². The number of carbonyl (C=O) groups excluding carboxylic acids is 1. The van der Waals surface area contributed by atoms with Crippen LogP contribution in [0.1, 0.15) is 59.3 Å². The van der Waals surface area contributed by atoms with Crippen LogP contribution in [0.2, 0.25) is 0 Å². The second kappa shape index (κ2) is 8.31. The third kappa shape index (κ3) is 5.11. The van der Waals surface area contributed by atoms with Gasteiger partial charge in [-0.3, -0.25) is 4.79 Å². The molecule has 1 amide bonds. The van der Waals surface area contributed by atoms with Gasteiger partial charge in [0.15, 0.2) is 0 Å². The summed E-state index contributed by atoms with van der Waals surface area (Å²) in [7, 11) is -3.54. The van der Waals surface area contributed by atoms with Gasteiger partial charge in [-0.2, -0.15) is 0 Å². The molecule has 0 spiro atoms. The maximum atomic E-state index is 12.7. The minimum Gasteiger partial charge on any atom is -0.326 e. The number of carbonyl (C=O) groups is 1. The van der Waals surface area contributed by atoms with Gasteiger partial charge >= 0.3 is 0 Å². The summed E-state index contributed by atoms with van der Waals surface area (Å²) in [6.07, 6.45) is 6.28. The average molecular weight is 393 g/mol. The van der Waals surface area contributed by atoms with Crippen molar-refractivity contribution in [2.75, 3.05) is 5.32 Å². The SMILES string of the molecule is CC(C)CCC(=O)Nc1ccc(S(=O)(=O)N[C@@H](C)[C@H]2C[C@@H]3CC[C@@H]2C3)cc1. The highest BCUT2D eigenvalue weighted by Gasteiger charge is 2.42. The predicted octanol–water partition coefficient (Wildman–Crippen LogP) is 4.16. The number of benzene rings is 1. The Kier molecular flexibility index (Phi) is 6.26. The molecule has 0 aromatic heterocycles. The largest absolute Gasteiger partial charge is 0.326 e. The summed E-state index contributed by atoms with van der Waals surface area (Å²) >= 11 is 0. The summed E-state index contributed by atoms with van der Waals surface area (Å²) in [5.74, 6) is 2.37. The smallest absolute Gasteiger partial charge is 0.240 e. The van der Waals surface area contributed by atoms with Gasteiger partial charge in [0.1, 0.15) is 0 Å². The Bertz CT molecular complexity index is 758. The maximum Gasteiger partial charge on any atom is 0.240 e. The zero-order valence-electron chi connectivity index (χ0n) is 16.6. The standard InChI is InChI=1S/C21H32N2O3S/c1-14(2)4-11-21(24)22-18-7-9-19(10-8-18)27(25,26)23-15(3)20-13-16-5-6-17(20)12-16/h7-10,14-17,20,23H,4-6,11-13H2,1-3H3,(H,22,24)/t15-,16+,17+,20+/m0/s1. The molecule has 0 radical (unpaired) electrons. The molecule has 2 fully saturated rings. The van der Waals surface area contributed by atoms with E-state index in [0.717, 1.165) is 18.8 Å². The topological polar surface area (TPSA) is 75.3 Å². The number of hydrogen-bond donors (Lipinski definition) is 2. The molecule has 27 heavy (non-hydrogen) atoms. The van der Waals surface area contributed by atoms with Crippen molar-refractivity contribution in [3.8, 4) is 0 Å². The van der Waals surface area contributed by atoms with E-state index in [9.17, 15) is 13.2 Å². The van der Waals surface area contributed by atoms with Crippen molar-refractivity contribution in [3.63, 3.8) is 0 Å². The molecule has 6 heteroatoms. The lowest BCUT2D eigenvalue weighted by Crippen LogP contribution is -2.40. The van der Waals surface area contributed by atoms with E-state index in [-0.39, 0.29) is 16.8 Å². The molecule has 2 N–H and O–H groups in total. The number of nitrogens with one attached hydrogen (secondary N) is 2. The fraction of sp³-hybridized carbons (Fsp3) is 0.667. The van der Waals surface area contributed by atoms with Crippen LogP contribution in [0.25, 0.3) is 0 Å². The highest BCUT2D eigenvalue weighted by atomic mass is 32.2. The van der Waals surface area contributed by atoms with Crippen molar-refractivity contribution < 1.29 is 13.2 Å². The summed E-state index contributed by atoms with van der Waals surface area (Å²) in [5, 5.41) is 2.83. The minimum atomic E-state index is -3.54. The van der Waals surface area contributed by atoms with Crippen molar-refractivity contribution in [2.45, 2.75) is 70.2 Å². The van der Waals surface area contributed by atoms with E-state index in [2.05, 4.69) is 23.9 Å². The van der Waals surface area contributed by atoms with Crippen LogP contribution in [0.4, 0.5) is 5.69 Å². The maximum absolute atomic E-state index is 12.7. The van der Waals surface area contributed by atoms with Crippen molar-refractivity contribution >= 4 is 21.6 Å². The zero-order valence-corrected chi connectivity index (χ0v) is 17.4. The number of amides is 1. The molecule has 2 aliphatic rings. The number of fused-ring (bicyclic) bond motifs is 2. The molecule has 0 unspecified atom stereocenters. The monoisotopic (exact) mass is 392 g/mol. The van der Waals surface area contributed by atoms with Crippen LogP contribution in [0.15, 0.2) is 29.2 Å². The highest BCUT2D eigenvalue weighted by Crippen LogP contribution is 2.49. The Balaban J connectivity index is 1.57. The first-order valence-electron chi connectivity index (χ1n) is 10.2. The molecule has 3 rings (SSSR count). The van der Waals surface area contributed by atoms with Gasteiger partial charge in [-0.15, -0.1) is 0 Å². The molecule has 5 nitrogen and oxygen atoms in total. The molecule has 150 valence electrons. The van der Waals surface area contributed by atoms with Gasteiger partial charge in [0.05, 0.1) is 4.90 Å². The summed E-state index contributed by atoms with van der Waals surface area (Å²) in [6, 6.07) is 6.40. The van der Waals surface area contributed by atoms with Gasteiger partial charge < -0.3 is 5.32 Å². The third-order valence-corrected chi connectivity index (χ3v) is 7.75. The first kappa shape index (κ1) is 20.3. The van der Waals surface area contributed by atoms with Crippen molar-refractivity contribution in [2.24, 2.45) is 23.7 Å². The zero-order chi connectivity index (χ0) is 19.6. The Morgan fingerprint density at radius 2 is 1.81 bits per heavy atom. The lowest BCUT2D eigenvalue weighted by Gasteiger charge is -2.28. The Labute approximate surface area is 163 Å². The van der Waals surface area contributed by atoms with Crippen LogP contribution in [0, 0.1) is 23.7 Å². The second-order valence-electron chi connectivity index (χ2n) is 8.75. The molecule has 4 atom stereocenters. The van der Waals surface area contributed by atoms with Gasteiger partial charge in [0.25, 0.3) is 0 Å². The summed E-state index contributed by atoms with van der Waals surface area (Å²) < 4.78 is 28.3. The van der Waals surface area contributed by atoms with Crippen LogP contribution in [0.5, 0.6) is 0 Å². The van der Waals surface area contributed by atoms with E-state index in [4.69, 9.17) is 0 Å². The summed E-state index contributed by atoms with van der Waals surface area (Å²) in [4.78, 5) is 12.2. The molecule has 2 bridgehead atoms. The summed E-state index contributed by atoms with van der Waals surface area (Å²) in [5.41, 5.74) is 0.629. The van der Waals surface area contributed by atoms with E-state index in [0.29, 0.717) is 29.9 Å². The van der Waals surface area contributed by atoms with Crippen LogP contribution < -0.4 is 10.0 Å². The lowest BCUT2D eigenvalue weighted by atomic mass is 9.84. The normalized spacial score (nSPS) is 25.7.